The number of aryl methyl sites for hydroxylation is 2. The molecule has 0 aliphatic heterocycles. The number of rotatable bonds is 4. The molecule has 3 rings (SSSR count). The van der Waals surface area contributed by atoms with E-state index in [0.29, 0.717) is 11.8 Å². The van der Waals surface area contributed by atoms with Crippen LogP contribution >= 0.6 is 0 Å². The fourth-order valence-corrected chi connectivity index (χ4v) is 1.94. The predicted octanol–water partition coefficient (Wildman–Crippen LogP) is 0.783. The van der Waals surface area contributed by atoms with Crippen molar-refractivity contribution in [1.82, 2.24) is 30.0 Å². The number of ether oxygens (including phenoxy) is 1. The van der Waals surface area contributed by atoms with E-state index < -0.39 is 11.5 Å². The average Bonchev–Trinajstić information content (AvgIpc) is 2.87. The highest BCUT2D eigenvalue weighted by atomic mass is 19.1. The van der Waals surface area contributed by atoms with Crippen molar-refractivity contribution in [3.8, 4) is 11.6 Å². The van der Waals surface area contributed by atoms with E-state index in [2.05, 4.69) is 20.6 Å². The highest BCUT2D eigenvalue weighted by Gasteiger charge is 2.18. The molecule has 8 nitrogen and oxygen atoms in total. The van der Waals surface area contributed by atoms with Gasteiger partial charge in [0.1, 0.15) is 12.4 Å². The molecule has 0 unspecified atom stereocenters. The Labute approximate surface area is 131 Å². The van der Waals surface area contributed by atoms with E-state index >= 15 is 0 Å². The van der Waals surface area contributed by atoms with Gasteiger partial charge in [-0.05, 0) is 29.0 Å². The van der Waals surface area contributed by atoms with Crippen molar-refractivity contribution < 1.29 is 10.5 Å². The lowest BCUT2D eigenvalue weighted by molar-refractivity contribution is 0.295. The van der Waals surface area contributed by atoms with Gasteiger partial charge in [-0.3, -0.25) is 0 Å². The molecular weight excluding hydrogens is 303 g/mol. The smallest absolute Gasteiger partial charge is 0.369 e. The largest absolute Gasteiger partial charge is 0.488 e. The summed E-state index contributed by atoms with van der Waals surface area (Å²) in [5, 5.41) is 14.5. The van der Waals surface area contributed by atoms with Crippen LogP contribution in [0.5, 0.6) is 5.75 Å². The van der Waals surface area contributed by atoms with Gasteiger partial charge in [0.25, 0.3) is 0 Å². The number of halogens is 1. The van der Waals surface area contributed by atoms with Gasteiger partial charge in [0.15, 0.2) is 11.6 Å². The van der Waals surface area contributed by atoms with Crippen LogP contribution in [-0.4, -0.2) is 30.0 Å². The van der Waals surface area contributed by atoms with Gasteiger partial charge in [0.2, 0.25) is 0 Å². The summed E-state index contributed by atoms with van der Waals surface area (Å²) in [5.41, 5.74) is 0.191. The normalized spacial score (nSPS) is 11.3. The van der Waals surface area contributed by atoms with Crippen molar-refractivity contribution >= 4 is 0 Å². The van der Waals surface area contributed by atoms with Crippen LogP contribution in [0.2, 0.25) is 0 Å². The fraction of sp³-hybridized carbons (Fsp3) is 0.214. The fourth-order valence-electron chi connectivity index (χ4n) is 1.94. The van der Waals surface area contributed by atoms with Crippen molar-refractivity contribution in [3.05, 3.63) is 57.9 Å². The topological polar surface area (TPSA) is 87.7 Å². The van der Waals surface area contributed by atoms with E-state index in [4.69, 9.17) is 6.11 Å². The minimum atomic E-state index is -0.674. The van der Waals surface area contributed by atoms with Crippen LogP contribution in [0.3, 0.4) is 0 Å². The van der Waals surface area contributed by atoms with Crippen LogP contribution in [0.25, 0.3) is 5.82 Å². The first-order valence-electron chi connectivity index (χ1n) is 7.17. The van der Waals surface area contributed by atoms with Crippen LogP contribution in [-0.2, 0) is 13.7 Å². The zero-order valence-corrected chi connectivity index (χ0v) is 12.4. The molecule has 1 aromatic carbocycles. The van der Waals surface area contributed by atoms with Gasteiger partial charge >= 0.3 is 5.69 Å². The third kappa shape index (κ3) is 2.80. The maximum absolute atomic E-state index is 14.2. The molecule has 0 radical (unpaired) electrons. The summed E-state index contributed by atoms with van der Waals surface area (Å²) in [4.78, 5) is 11.9. The zero-order valence-electron chi connectivity index (χ0n) is 13.4. The highest BCUT2D eigenvalue weighted by Crippen LogP contribution is 2.20. The van der Waals surface area contributed by atoms with E-state index in [1.165, 1.54) is 7.05 Å². The number of para-hydroxylation sites is 1. The molecule has 2 heterocycles. The van der Waals surface area contributed by atoms with Crippen molar-refractivity contribution in [2.45, 2.75) is 13.5 Å². The maximum Gasteiger partial charge on any atom is 0.369 e. The number of benzene rings is 1. The van der Waals surface area contributed by atoms with Crippen molar-refractivity contribution in [3.63, 3.8) is 0 Å². The van der Waals surface area contributed by atoms with Crippen LogP contribution < -0.4 is 10.4 Å². The molecule has 0 saturated carbocycles. The minimum absolute atomic E-state index is 0.0296. The summed E-state index contributed by atoms with van der Waals surface area (Å²) >= 11 is 0. The van der Waals surface area contributed by atoms with Gasteiger partial charge in [-0.2, -0.15) is 9.78 Å². The maximum atomic E-state index is 14.2. The lowest BCUT2D eigenvalue weighted by Crippen LogP contribution is -2.24. The Hall–Kier alpha value is -3.10. The van der Waals surface area contributed by atoms with E-state index in [-0.39, 0.29) is 18.0 Å². The van der Waals surface area contributed by atoms with E-state index in [9.17, 15) is 9.18 Å². The molecule has 0 fully saturated rings. The first-order valence-corrected chi connectivity index (χ1v) is 6.67. The molecule has 2 aromatic heterocycles. The second kappa shape index (κ2) is 5.95. The van der Waals surface area contributed by atoms with Gasteiger partial charge in [-0.1, -0.05) is 18.2 Å². The molecule has 118 valence electrons. The van der Waals surface area contributed by atoms with Crippen LogP contribution in [0.4, 0.5) is 4.39 Å². The molecule has 0 N–H and O–H groups in total. The van der Waals surface area contributed by atoms with E-state index in [0.717, 1.165) is 21.1 Å². The first kappa shape index (κ1) is 13.6. The van der Waals surface area contributed by atoms with Crippen LogP contribution in [0, 0.1) is 12.7 Å². The van der Waals surface area contributed by atoms with Crippen LogP contribution in [0.1, 0.15) is 12.5 Å². The molecule has 0 aliphatic rings. The molecule has 0 amide bonds. The molecule has 0 bridgehead atoms. The summed E-state index contributed by atoms with van der Waals surface area (Å²) in [6.07, 6.45) is 0.934. The summed E-state index contributed by atoms with van der Waals surface area (Å²) in [6.45, 7) is 1.60. The van der Waals surface area contributed by atoms with Gasteiger partial charge in [-0.25, -0.2) is 9.18 Å². The number of tetrazole rings is 1. The van der Waals surface area contributed by atoms with Crippen molar-refractivity contribution in [2.24, 2.45) is 7.05 Å². The second-order valence-electron chi connectivity index (χ2n) is 4.77. The molecule has 23 heavy (non-hydrogen) atoms. The summed E-state index contributed by atoms with van der Waals surface area (Å²) in [5.74, 6) is -0.255. The standard InChI is InChI=1S/C14H13FN6O2/c1-9-5-3-4-6-12(9)23-8-10-11(15)7-16-17-13(10)21-14(22)20(2)18-19-21/h3-7H,8H2,1-2H3/i3T. The Kier molecular flexibility index (Phi) is 3.51. The summed E-state index contributed by atoms with van der Waals surface area (Å²) in [6, 6.07) is 5.17. The second-order valence-corrected chi connectivity index (χ2v) is 4.77. The molecule has 0 atom stereocenters. The average molecular weight is 318 g/mol. The number of nitrogens with zero attached hydrogens (tertiary/aromatic N) is 6. The molecule has 0 saturated heterocycles. The molecule has 0 spiro atoms. The lowest BCUT2D eigenvalue weighted by atomic mass is 10.2. The van der Waals surface area contributed by atoms with E-state index in [1.807, 2.05) is 0 Å². The SMILES string of the molecule is [3H]c1ccc(OCc2c(F)cnnc2-n2nnn(C)c2=O)c(C)c1. The highest BCUT2D eigenvalue weighted by molar-refractivity contribution is 5.34. The van der Waals surface area contributed by atoms with Crippen molar-refractivity contribution in [1.29, 1.82) is 0 Å². The lowest BCUT2D eigenvalue weighted by Gasteiger charge is -2.11. The number of aromatic nitrogens is 6. The molecular formula is C14H13FN6O2. The minimum Gasteiger partial charge on any atom is -0.488 e. The Balaban J connectivity index is 1.96. The Morgan fingerprint density at radius 2 is 2.22 bits per heavy atom. The Bertz CT molecular complexity index is 955. The zero-order chi connectivity index (χ0) is 17.3. The predicted molar refractivity (Wildman–Crippen MR) is 77.7 cm³/mol. The van der Waals surface area contributed by atoms with Gasteiger partial charge < -0.3 is 4.74 Å². The summed E-state index contributed by atoms with van der Waals surface area (Å²) < 4.78 is 29.2. The van der Waals surface area contributed by atoms with Gasteiger partial charge in [0.05, 0.1) is 13.1 Å². The first-order chi connectivity index (χ1) is 11.5. The third-order valence-electron chi connectivity index (χ3n) is 3.20. The molecule has 3 aromatic rings. The summed E-state index contributed by atoms with van der Waals surface area (Å²) in [7, 11) is 1.42. The molecule has 9 heteroatoms. The molecule has 0 aliphatic carbocycles. The van der Waals surface area contributed by atoms with E-state index in [1.54, 1.807) is 25.1 Å². The van der Waals surface area contributed by atoms with Gasteiger partial charge in [0, 0.05) is 7.05 Å². The number of hydrogen-bond donors (Lipinski definition) is 0. The van der Waals surface area contributed by atoms with Crippen LogP contribution in [0.15, 0.2) is 35.2 Å². The van der Waals surface area contributed by atoms with Crippen molar-refractivity contribution in [2.75, 3.05) is 0 Å². The Morgan fingerprint density at radius 3 is 2.91 bits per heavy atom. The third-order valence-corrected chi connectivity index (χ3v) is 3.20. The Morgan fingerprint density at radius 1 is 1.39 bits per heavy atom. The quantitative estimate of drug-likeness (QED) is 0.706. The monoisotopic (exact) mass is 318 g/mol. The van der Waals surface area contributed by atoms with Gasteiger partial charge in [-0.15, -0.1) is 9.78 Å². The number of hydrogen-bond acceptors (Lipinski definition) is 6.